The van der Waals surface area contributed by atoms with E-state index >= 15 is 0 Å². The maximum atomic E-state index is 5.28. The topological polar surface area (TPSA) is 37.4 Å². The molecular weight excluding hydrogens is 286 g/mol. The fraction of sp³-hybridized carbons (Fsp3) is 0.421. The lowest BCUT2D eigenvalue weighted by Gasteiger charge is -2.33. The summed E-state index contributed by atoms with van der Waals surface area (Å²) in [6.07, 6.45) is 6.10. The Morgan fingerprint density at radius 2 is 1.65 bits per heavy atom. The van der Waals surface area contributed by atoms with Crippen LogP contribution >= 0.6 is 0 Å². The molecule has 1 N–H and O–H groups in total. The first-order valence-electron chi connectivity index (χ1n) is 8.25. The van der Waals surface area contributed by atoms with Crippen molar-refractivity contribution in [2.45, 2.75) is 24.9 Å². The third-order valence-corrected chi connectivity index (χ3v) is 4.61. The van der Waals surface area contributed by atoms with Gasteiger partial charge in [0, 0.05) is 18.4 Å². The van der Waals surface area contributed by atoms with Crippen LogP contribution in [0, 0.1) is 0 Å². The average Bonchev–Trinajstić information content (AvgIpc) is 2.62. The number of pyridine rings is 1. The number of aromatic nitrogens is 1. The van der Waals surface area contributed by atoms with Gasteiger partial charge in [-0.2, -0.15) is 0 Å². The van der Waals surface area contributed by atoms with Crippen LogP contribution in [-0.2, 0) is 0 Å². The number of nitrogens with one attached hydrogen (secondary N) is 1. The predicted octanol–water partition coefficient (Wildman–Crippen LogP) is 2.86. The number of rotatable bonds is 5. The Balaban J connectivity index is 1.81. The van der Waals surface area contributed by atoms with E-state index in [0.29, 0.717) is 6.04 Å². The Morgan fingerprint density at radius 3 is 2.26 bits per heavy atom. The van der Waals surface area contributed by atoms with Crippen molar-refractivity contribution in [2.75, 3.05) is 27.2 Å². The summed E-state index contributed by atoms with van der Waals surface area (Å²) in [6.45, 7) is 2.31. The van der Waals surface area contributed by atoms with Gasteiger partial charge in [-0.15, -0.1) is 0 Å². The smallest absolute Gasteiger partial charge is 0.118 e. The Morgan fingerprint density at radius 1 is 1.04 bits per heavy atom. The minimum Gasteiger partial charge on any atom is -0.497 e. The van der Waals surface area contributed by atoms with Crippen LogP contribution in [0.5, 0.6) is 5.75 Å². The Labute approximate surface area is 138 Å². The molecule has 1 aliphatic rings. The van der Waals surface area contributed by atoms with E-state index in [1.54, 1.807) is 7.11 Å². The monoisotopic (exact) mass is 311 g/mol. The normalized spacial score (nSPS) is 17.8. The van der Waals surface area contributed by atoms with Gasteiger partial charge in [0.15, 0.2) is 0 Å². The van der Waals surface area contributed by atoms with E-state index in [2.05, 4.69) is 46.5 Å². The Bertz CT molecular complexity index is 592. The van der Waals surface area contributed by atoms with Crippen LogP contribution in [0.3, 0.4) is 0 Å². The van der Waals surface area contributed by atoms with E-state index in [1.807, 2.05) is 24.5 Å². The van der Waals surface area contributed by atoms with Crippen LogP contribution in [-0.4, -0.2) is 43.2 Å². The Hall–Kier alpha value is -1.91. The highest BCUT2D eigenvalue weighted by Gasteiger charge is 2.22. The highest BCUT2D eigenvalue weighted by Crippen LogP contribution is 2.25. The van der Waals surface area contributed by atoms with Crippen LogP contribution in [0.25, 0.3) is 0 Å². The molecule has 0 spiro atoms. The van der Waals surface area contributed by atoms with Crippen molar-refractivity contribution in [3.63, 3.8) is 0 Å². The summed E-state index contributed by atoms with van der Waals surface area (Å²) < 4.78 is 5.28. The first-order valence-corrected chi connectivity index (χ1v) is 8.25. The fourth-order valence-corrected chi connectivity index (χ4v) is 3.15. The van der Waals surface area contributed by atoms with Gasteiger partial charge >= 0.3 is 0 Å². The van der Waals surface area contributed by atoms with Crippen LogP contribution in [0.4, 0.5) is 0 Å². The molecule has 0 unspecified atom stereocenters. The van der Waals surface area contributed by atoms with Gasteiger partial charge in [0.05, 0.1) is 13.2 Å². The molecule has 2 heterocycles. The van der Waals surface area contributed by atoms with E-state index < -0.39 is 0 Å². The largest absolute Gasteiger partial charge is 0.497 e. The third kappa shape index (κ3) is 4.09. The summed E-state index contributed by atoms with van der Waals surface area (Å²) in [4.78, 5) is 6.55. The van der Waals surface area contributed by atoms with Crippen molar-refractivity contribution in [2.24, 2.45) is 0 Å². The minimum atomic E-state index is 0.192. The van der Waals surface area contributed by atoms with Crippen LogP contribution < -0.4 is 10.1 Å². The van der Waals surface area contributed by atoms with Crippen molar-refractivity contribution < 1.29 is 4.74 Å². The average molecular weight is 311 g/mol. The minimum absolute atomic E-state index is 0.192. The van der Waals surface area contributed by atoms with E-state index in [9.17, 15) is 0 Å². The molecule has 0 radical (unpaired) electrons. The van der Waals surface area contributed by atoms with Gasteiger partial charge < -0.3 is 15.0 Å². The van der Waals surface area contributed by atoms with Gasteiger partial charge in [-0.3, -0.25) is 4.98 Å². The zero-order valence-corrected chi connectivity index (χ0v) is 13.9. The molecule has 4 nitrogen and oxygen atoms in total. The molecule has 0 saturated carbocycles. The number of methoxy groups -OCH3 is 1. The third-order valence-electron chi connectivity index (χ3n) is 4.61. The molecule has 1 atom stereocenters. The van der Waals surface area contributed by atoms with Gasteiger partial charge in [0.2, 0.25) is 0 Å². The van der Waals surface area contributed by atoms with Crippen molar-refractivity contribution in [3.05, 3.63) is 59.9 Å². The number of ether oxygens (including phenoxy) is 1. The molecule has 0 amide bonds. The predicted molar refractivity (Wildman–Crippen MR) is 92.7 cm³/mol. The lowest BCUT2D eigenvalue weighted by Crippen LogP contribution is -2.42. The van der Waals surface area contributed by atoms with Gasteiger partial charge in [-0.05, 0) is 68.4 Å². The molecule has 4 heteroatoms. The van der Waals surface area contributed by atoms with Crippen LogP contribution in [0.2, 0.25) is 0 Å². The molecule has 1 aliphatic heterocycles. The van der Waals surface area contributed by atoms with Crippen molar-refractivity contribution in [3.8, 4) is 5.75 Å². The molecule has 122 valence electrons. The molecule has 1 saturated heterocycles. The van der Waals surface area contributed by atoms with Crippen molar-refractivity contribution in [1.29, 1.82) is 0 Å². The standard InChI is InChI=1S/C19H25N3O/c1-22-13-9-17(10-14-22)21-19(16-7-11-20-12-8-16)15-3-5-18(23-2)6-4-15/h3-8,11-12,17,19,21H,9-10,13-14H2,1-2H3/t19-/m0/s1. The molecular formula is C19H25N3O. The highest BCUT2D eigenvalue weighted by molar-refractivity contribution is 5.35. The maximum absolute atomic E-state index is 5.28. The van der Waals surface area contributed by atoms with Gasteiger partial charge in [0.1, 0.15) is 5.75 Å². The number of benzene rings is 1. The zero-order valence-electron chi connectivity index (χ0n) is 13.9. The second kappa shape index (κ2) is 7.57. The lowest BCUT2D eigenvalue weighted by atomic mass is 9.96. The summed E-state index contributed by atoms with van der Waals surface area (Å²) in [5.41, 5.74) is 2.51. The SMILES string of the molecule is COc1ccc([C@H](NC2CCN(C)CC2)c2ccncc2)cc1. The van der Waals surface area contributed by atoms with Gasteiger partial charge in [-0.25, -0.2) is 0 Å². The summed E-state index contributed by atoms with van der Waals surface area (Å²) in [5, 5.41) is 3.85. The van der Waals surface area contributed by atoms with Gasteiger partial charge in [-0.1, -0.05) is 12.1 Å². The fourth-order valence-electron chi connectivity index (χ4n) is 3.15. The first kappa shape index (κ1) is 16.0. The second-order valence-corrected chi connectivity index (χ2v) is 6.23. The summed E-state index contributed by atoms with van der Waals surface area (Å²) in [5.74, 6) is 0.890. The van der Waals surface area contributed by atoms with E-state index in [4.69, 9.17) is 4.74 Å². The molecule has 2 aromatic rings. The van der Waals surface area contributed by atoms with Gasteiger partial charge in [0.25, 0.3) is 0 Å². The number of piperidine rings is 1. The molecule has 1 fully saturated rings. The van der Waals surface area contributed by atoms with Crippen molar-refractivity contribution >= 4 is 0 Å². The molecule has 0 bridgehead atoms. The van der Waals surface area contributed by atoms with E-state index in [0.717, 1.165) is 18.8 Å². The molecule has 3 rings (SSSR count). The first-order chi connectivity index (χ1) is 11.3. The number of likely N-dealkylation sites (tertiary alicyclic amines) is 1. The van der Waals surface area contributed by atoms with E-state index in [1.165, 1.54) is 24.0 Å². The maximum Gasteiger partial charge on any atom is 0.118 e. The number of hydrogen-bond donors (Lipinski definition) is 1. The molecule has 23 heavy (non-hydrogen) atoms. The van der Waals surface area contributed by atoms with Crippen LogP contribution in [0.15, 0.2) is 48.8 Å². The zero-order chi connectivity index (χ0) is 16.1. The number of nitrogens with zero attached hydrogens (tertiary/aromatic N) is 2. The molecule has 0 aliphatic carbocycles. The highest BCUT2D eigenvalue weighted by atomic mass is 16.5. The molecule has 1 aromatic carbocycles. The van der Waals surface area contributed by atoms with Crippen molar-refractivity contribution in [1.82, 2.24) is 15.2 Å². The number of hydrogen-bond acceptors (Lipinski definition) is 4. The van der Waals surface area contributed by atoms with E-state index in [-0.39, 0.29) is 6.04 Å². The summed E-state index contributed by atoms with van der Waals surface area (Å²) in [7, 11) is 3.90. The summed E-state index contributed by atoms with van der Waals surface area (Å²) in [6, 6.07) is 13.3. The Kier molecular flexibility index (Phi) is 5.26. The quantitative estimate of drug-likeness (QED) is 0.921. The second-order valence-electron chi connectivity index (χ2n) is 6.23. The van der Waals surface area contributed by atoms with Crippen LogP contribution in [0.1, 0.15) is 30.0 Å². The summed E-state index contributed by atoms with van der Waals surface area (Å²) >= 11 is 0. The lowest BCUT2D eigenvalue weighted by molar-refractivity contribution is 0.229. The molecule has 1 aromatic heterocycles.